The molecule has 0 aliphatic heterocycles. The van der Waals surface area contributed by atoms with Gasteiger partial charge in [-0.15, -0.1) is 0 Å². The van der Waals surface area contributed by atoms with Gasteiger partial charge in [-0.25, -0.2) is 0 Å². The van der Waals surface area contributed by atoms with Crippen LogP contribution in [0.1, 0.15) is 90.9 Å². The maximum absolute atomic E-state index is 13.7. The number of fused-ring (bicyclic) bond motifs is 5. The Labute approximate surface area is 188 Å². The summed E-state index contributed by atoms with van der Waals surface area (Å²) in [5.41, 5.74) is 4.96. The summed E-state index contributed by atoms with van der Waals surface area (Å²) in [6.07, 6.45) is 21.1. The van der Waals surface area contributed by atoms with Gasteiger partial charge in [0, 0.05) is 11.8 Å². The first-order chi connectivity index (χ1) is 14.9. The van der Waals surface area contributed by atoms with Gasteiger partial charge in [-0.3, -0.25) is 4.79 Å². The van der Waals surface area contributed by atoms with Crippen molar-refractivity contribution in [2.75, 3.05) is 0 Å². The number of hydrogen-bond donors (Lipinski definition) is 1. The molecule has 6 aliphatic carbocycles. The lowest BCUT2D eigenvalue weighted by Gasteiger charge is -2.57. The smallest absolute Gasteiger partial charge is 0.159 e. The lowest BCUT2D eigenvalue weighted by molar-refractivity contribution is -0.133. The topological polar surface area (TPSA) is 37.3 Å². The molecule has 2 nitrogen and oxygen atoms in total. The van der Waals surface area contributed by atoms with E-state index in [1.165, 1.54) is 68.9 Å². The molecule has 0 heterocycles. The van der Waals surface area contributed by atoms with Crippen LogP contribution in [-0.2, 0) is 4.79 Å². The molecule has 8 atom stereocenters. The summed E-state index contributed by atoms with van der Waals surface area (Å²) in [6.45, 7) is 4.92. The second kappa shape index (κ2) is 7.17. The van der Waals surface area contributed by atoms with E-state index in [4.69, 9.17) is 0 Å². The summed E-state index contributed by atoms with van der Waals surface area (Å²) in [5.74, 6) is 2.35. The van der Waals surface area contributed by atoms with E-state index in [1.54, 1.807) is 5.57 Å². The zero-order valence-electron chi connectivity index (χ0n) is 19.5. The average Bonchev–Trinajstić information content (AvgIpc) is 3.48. The van der Waals surface area contributed by atoms with E-state index < -0.39 is 0 Å². The number of aliphatic hydroxyl groups excluding tert-OH is 1. The summed E-state index contributed by atoms with van der Waals surface area (Å²) >= 11 is 0. The van der Waals surface area contributed by atoms with Crippen molar-refractivity contribution < 1.29 is 9.90 Å². The van der Waals surface area contributed by atoms with Gasteiger partial charge < -0.3 is 5.11 Å². The third-order valence-corrected chi connectivity index (χ3v) is 11.1. The first-order valence-electron chi connectivity index (χ1n) is 13.2. The maximum atomic E-state index is 13.7. The standard InChI is InChI=1S/C29H40O2/c1-28-13-11-20(18-7-3-4-8-18)15-21(28)16-24(30)26-22(28)12-14-29(2)23(26)17-25(31)27(29)19-9-5-6-10-19/h7,9,16,20,22-23,25-27,31H,3-6,8,10-15,17H2,1-2H3/t20-,22?,23?,25+,26?,27-,28-,29-/m0/s1. The van der Waals surface area contributed by atoms with Crippen molar-refractivity contribution in [1.29, 1.82) is 0 Å². The molecule has 0 saturated heterocycles. The second-order valence-corrected chi connectivity index (χ2v) is 12.3. The van der Waals surface area contributed by atoms with Crippen LogP contribution in [0.3, 0.4) is 0 Å². The number of allylic oxidation sites excluding steroid dienone is 5. The lowest BCUT2D eigenvalue weighted by atomic mass is 9.46. The van der Waals surface area contributed by atoms with Crippen molar-refractivity contribution in [3.8, 4) is 0 Å². The van der Waals surface area contributed by atoms with Crippen molar-refractivity contribution >= 4 is 5.78 Å². The third kappa shape index (κ3) is 2.89. The summed E-state index contributed by atoms with van der Waals surface area (Å²) in [6, 6.07) is 0. The van der Waals surface area contributed by atoms with Crippen LogP contribution in [0.5, 0.6) is 0 Å². The lowest BCUT2D eigenvalue weighted by Crippen LogP contribution is -2.53. The van der Waals surface area contributed by atoms with Crippen LogP contribution in [0.15, 0.2) is 34.9 Å². The van der Waals surface area contributed by atoms with E-state index in [2.05, 4.69) is 32.1 Å². The van der Waals surface area contributed by atoms with Crippen LogP contribution in [0.2, 0.25) is 0 Å². The van der Waals surface area contributed by atoms with Crippen LogP contribution in [0.25, 0.3) is 0 Å². The predicted molar refractivity (Wildman–Crippen MR) is 124 cm³/mol. The zero-order chi connectivity index (χ0) is 21.4. The Balaban J connectivity index is 1.32. The van der Waals surface area contributed by atoms with Crippen LogP contribution < -0.4 is 0 Å². The highest BCUT2D eigenvalue weighted by Crippen LogP contribution is 2.67. The van der Waals surface area contributed by atoms with Gasteiger partial charge in [0.2, 0.25) is 0 Å². The molecule has 0 bridgehead atoms. The molecule has 0 aromatic heterocycles. The van der Waals surface area contributed by atoms with Crippen LogP contribution in [-0.4, -0.2) is 17.0 Å². The van der Waals surface area contributed by atoms with E-state index in [0.717, 1.165) is 19.3 Å². The summed E-state index contributed by atoms with van der Waals surface area (Å²) in [7, 11) is 0. The fourth-order valence-corrected chi connectivity index (χ4v) is 9.45. The Morgan fingerprint density at radius 2 is 1.71 bits per heavy atom. The van der Waals surface area contributed by atoms with Crippen molar-refractivity contribution in [2.24, 2.45) is 40.4 Å². The Morgan fingerprint density at radius 3 is 2.42 bits per heavy atom. The average molecular weight is 421 g/mol. The summed E-state index contributed by atoms with van der Waals surface area (Å²) < 4.78 is 0. The summed E-state index contributed by atoms with van der Waals surface area (Å²) in [4.78, 5) is 13.7. The minimum absolute atomic E-state index is 0.0972. The second-order valence-electron chi connectivity index (χ2n) is 12.3. The Bertz CT molecular complexity index is 877. The normalized spacial score (nSPS) is 49.1. The number of carbonyl (C=O) groups is 1. The molecule has 6 rings (SSSR count). The number of carbonyl (C=O) groups excluding carboxylic acids is 1. The minimum atomic E-state index is -0.255. The van der Waals surface area contributed by atoms with Crippen molar-refractivity contribution in [3.05, 3.63) is 34.9 Å². The molecule has 3 fully saturated rings. The number of aliphatic hydroxyl groups is 1. The highest BCUT2D eigenvalue weighted by molar-refractivity contribution is 5.94. The SMILES string of the molecule is C[C@]12CC[C@H](C3=CCCC3)CC1=CC(=O)C1C2CC[C@@]2(C)C1C[C@@H](O)[C@@H]2C1=CCCC1. The Hall–Kier alpha value is -1.15. The quantitative estimate of drug-likeness (QED) is 0.514. The molecular weight excluding hydrogens is 380 g/mol. The van der Waals surface area contributed by atoms with Gasteiger partial charge in [-0.1, -0.05) is 42.7 Å². The number of hydrogen-bond acceptors (Lipinski definition) is 2. The van der Waals surface area contributed by atoms with E-state index in [1.807, 2.05) is 0 Å². The Kier molecular flexibility index (Phi) is 4.73. The zero-order valence-corrected chi connectivity index (χ0v) is 19.5. The molecule has 3 saturated carbocycles. The van der Waals surface area contributed by atoms with Crippen LogP contribution in [0, 0.1) is 40.4 Å². The van der Waals surface area contributed by atoms with E-state index in [9.17, 15) is 9.90 Å². The van der Waals surface area contributed by atoms with Crippen molar-refractivity contribution in [2.45, 2.75) is 97.0 Å². The predicted octanol–water partition coefficient (Wildman–Crippen LogP) is 6.55. The van der Waals surface area contributed by atoms with Crippen LogP contribution >= 0.6 is 0 Å². The molecule has 2 heteroatoms. The molecule has 3 unspecified atom stereocenters. The Morgan fingerprint density at radius 1 is 0.968 bits per heavy atom. The van der Waals surface area contributed by atoms with Crippen LogP contribution in [0.4, 0.5) is 0 Å². The molecule has 31 heavy (non-hydrogen) atoms. The molecule has 168 valence electrons. The minimum Gasteiger partial charge on any atom is -0.392 e. The number of ketones is 1. The fraction of sp³-hybridized carbons (Fsp3) is 0.759. The van der Waals surface area contributed by atoms with E-state index >= 15 is 0 Å². The molecule has 1 N–H and O–H groups in total. The molecule has 0 aromatic rings. The van der Waals surface area contributed by atoms with Gasteiger partial charge in [-0.05, 0) is 112 Å². The van der Waals surface area contributed by atoms with Crippen molar-refractivity contribution in [1.82, 2.24) is 0 Å². The molecular formula is C29H40O2. The highest BCUT2D eigenvalue weighted by atomic mass is 16.3. The monoisotopic (exact) mass is 420 g/mol. The van der Waals surface area contributed by atoms with Gasteiger partial charge in [0.05, 0.1) is 6.10 Å². The van der Waals surface area contributed by atoms with Gasteiger partial charge in [0.25, 0.3) is 0 Å². The summed E-state index contributed by atoms with van der Waals surface area (Å²) in [5, 5.41) is 11.2. The molecule has 6 aliphatic rings. The van der Waals surface area contributed by atoms with Crippen molar-refractivity contribution in [3.63, 3.8) is 0 Å². The van der Waals surface area contributed by atoms with Gasteiger partial charge >= 0.3 is 0 Å². The fourth-order valence-electron chi connectivity index (χ4n) is 9.45. The first-order valence-corrected chi connectivity index (χ1v) is 13.2. The van der Waals surface area contributed by atoms with E-state index in [-0.39, 0.29) is 28.8 Å². The third-order valence-electron chi connectivity index (χ3n) is 11.1. The molecule has 0 spiro atoms. The first kappa shape index (κ1) is 20.5. The molecule has 0 aromatic carbocycles. The molecule has 0 amide bonds. The largest absolute Gasteiger partial charge is 0.392 e. The van der Waals surface area contributed by atoms with Gasteiger partial charge in [0.1, 0.15) is 0 Å². The van der Waals surface area contributed by atoms with E-state index in [0.29, 0.717) is 23.5 Å². The van der Waals surface area contributed by atoms with Gasteiger partial charge in [0.15, 0.2) is 5.78 Å². The van der Waals surface area contributed by atoms with Gasteiger partial charge in [-0.2, -0.15) is 0 Å². The highest BCUT2D eigenvalue weighted by Gasteiger charge is 2.63. The maximum Gasteiger partial charge on any atom is 0.159 e. The molecule has 0 radical (unpaired) electrons. The number of rotatable bonds is 2.